The van der Waals surface area contributed by atoms with Crippen LogP contribution in [-0.4, -0.2) is 31.7 Å². The molecule has 0 atom stereocenters. The number of rotatable bonds is 1. The average Bonchev–Trinajstić information content (AvgIpc) is 1.90. The van der Waals surface area contributed by atoms with E-state index in [1.165, 1.54) is 5.69 Å². The Hall–Kier alpha value is -0.110. The summed E-state index contributed by atoms with van der Waals surface area (Å²) in [7, 11) is 2.13. The fourth-order valence-corrected chi connectivity index (χ4v) is 1.58. The monoisotopic (exact) mass is 223 g/mol. The molecule has 1 rings (SSSR count). The molecule has 0 aliphatic rings. The third kappa shape index (κ3) is 1.94. The fraction of sp³-hybridized carbons (Fsp3) is 0.143. The first-order chi connectivity index (χ1) is 4.30. The Kier molecular flexibility index (Phi) is 2.46. The van der Waals surface area contributed by atoms with Crippen molar-refractivity contribution in [2.75, 3.05) is 9.94 Å². The first-order valence-electron chi connectivity index (χ1n) is 3.03. The van der Waals surface area contributed by atoms with E-state index in [9.17, 15) is 0 Å². The Morgan fingerprint density at radius 1 is 1.22 bits per heavy atom. The topological polar surface area (TPSA) is 3.24 Å². The van der Waals surface area contributed by atoms with Gasteiger partial charge in [0.15, 0.2) is 0 Å². The quantitative estimate of drug-likeness (QED) is 0.676. The van der Waals surface area contributed by atoms with E-state index in [0.717, 1.165) is 0 Å². The molecule has 1 aromatic rings. The van der Waals surface area contributed by atoms with E-state index in [1.54, 1.807) is 0 Å². The number of nitrogens with zero attached hydrogens (tertiary/aromatic N) is 1. The predicted octanol–water partition coefficient (Wildman–Crippen LogP) is 0.671. The molecule has 0 fully saturated rings. The second kappa shape index (κ2) is 3.16. The number of anilines is 1. The van der Waals surface area contributed by atoms with Crippen LogP contribution >= 0.6 is 0 Å². The standard InChI is InChI=1S/C7H8N.In.2H/c1-8-7-5-3-2-4-6-7;;;/h2-6H,1H3;;;/q-1;+1;;. The van der Waals surface area contributed by atoms with Crippen molar-refractivity contribution < 1.29 is 0 Å². The molecule has 0 bridgehead atoms. The van der Waals surface area contributed by atoms with E-state index in [2.05, 4.69) is 34.2 Å². The summed E-state index contributed by atoms with van der Waals surface area (Å²) < 4.78 is 2.29. The van der Waals surface area contributed by atoms with Crippen molar-refractivity contribution in [2.24, 2.45) is 0 Å². The normalized spacial score (nSPS) is 9.00. The molecule has 0 radical (unpaired) electrons. The van der Waals surface area contributed by atoms with Crippen LogP contribution in [-0.2, 0) is 0 Å². The SMILES string of the molecule is C[N]([InH2])c1ccccc1. The maximum absolute atomic E-state index is 2.29. The third-order valence-electron chi connectivity index (χ3n) is 1.27. The molecule has 2 heteroatoms. The Labute approximate surface area is 70.6 Å². The molecule has 9 heavy (non-hydrogen) atoms. The van der Waals surface area contributed by atoms with Crippen molar-refractivity contribution in [3.63, 3.8) is 0 Å². The van der Waals surface area contributed by atoms with Gasteiger partial charge in [-0.2, -0.15) is 0 Å². The van der Waals surface area contributed by atoms with E-state index in [4.69, 9.17) is 0 Å². The van der Waals surface area contributed by atoms with Crippen molar-refractivity contribution in [1.29, 1.82) is 0 Å². The van der Waals surface area contributed by atoms with Crippen molar-refractivity contribution in [1.82, 2.24) is 0 Å². The summed E-state index contributed by atoms with van der Waals surface area (Å²) in [6.45, 7) is 0. The van der Waals surface area contributed by atoms with Crippen molar-refractivity contribution in [3.8, 4) is 0 Å². The van der Waals surface area contributed by atoms with Crippen LogP contribution in [0.25, 0.3) is 0 Å². The summed E-state index contributed by atoms with van der Waals surface area (Å²) in [4.78, 5) is 0. The van der Waals surface area contributed by atoms with Crippen LogP contribution in [0.2, 0.25) is 0 Å². The van der Waals surface area contributed by atoms with Crippen LogP contribution in [0.1, 0.15) is 0 Å². The third-order valence-corrected chi connectivity index (χ3v) is 2.75. The number of hydrogen-bond donors (Lipinski definition) is 0. The van der Waals surface area contributed by atoms with Gasteiger partial charge in [-0.3, -0.25) is 0 Å². The van der Waals surface area contributed by atoms with Crippen LogP contribution in [0, 0.1) is 0 Å². The minimum atomic E-state index is 0.605. The zero-order valence-corrected chi connectivity index (χ0v) is 11.5. The number of hydrogen-bond acceptors (Lipinski definition) is 1. The summed E-state index contributed by atoms with van der Waals surface area (Å²) in [5, 5.41) is 0. The molecule has 0 unspecified atom stereocenters. The van der Waals surface area contributed by atoms with Crippen molar-refractivity contribution in [2.45, 2.75) is 0 Å². The summed E-state index contributed by atoms with van der Waals surface area (Å²) >= 11 is 0.605. The summed E-state index contributed by atoms with van der Waals surface area (Å²) in [5.41, 5.74) is 1.34. The van der Waals surface area contributed by atoms with Crippen LogP contribution < -0.4 is 2.89 Å². The first kappa shape index (κ1) is 7.00. The second-order valence-corrected chi connectivity index (χ2v) is 6.06. The number of para-hydroxylation sites is 1. The van der Waals surface area contributed by atoms with Crippen LogP contribution in [0.3, 0.4) is 0 Å². The Morgan fingerprint density at radius 3 is 2.11 bits per heavy atom. The van der Waals surface area contributed by atoms with Gasteiger partial charge in [-0.05, 0) is 0 Å². The zero-order valence-electron chi connectivity index (χ0n) is 5.83. The molecular formula is C7H10InN. The molecule has 1 aromatic carbocycles. The molecule has 0 aliphatic carbocycles. The molecule has 0 aliphatic heterocycles. The van der Waals surface area contributed by atoms with E-state index in [-0.39, 0.29) is 0 Å². The van der Waals surface area contributed by atoms with Crippen molar-refractivity contribution >= 4 is 30.3 Å². The van der Waals surface area contributed by atoms with Gasteiger partial charge in [0.1, 0.15) is 0 Å². The summed E-state index contributed by atoms with van der Waals surface area (Å²) in [6, 6.07) is 10.5. The van der Waals surface area contributed by atoms with Crippen LogP contribution in [0.4, 0.5) is 5.69 Å². The molecule has 0 spiro atoms. The van der Waals surface area contributed by atoms with Crippen LogP contribution in [0.5, 0.6) is 0 Å². The molecule has 0 amide bonds. The molecule has 46 valence electrons. The molecule has 0 aromatic heterocycles. The van der Waals surface area contributed by atoms with Gasteiger partial charge in [0.2, 0.25) is 0 Å². The maximum atomic E-state index is 2.29. The van der Waals surface area contributed by atoms with Gasteiger partial charge in [-0.1, -0.05) is 0 Å². The van der Waals surface area contributed by atoms with Crippen LogP contribution in [0.15, 0.2) is 30.3 Å². The van der Waals surface area contributed by atoms with E-state index in [0.29, 0.717) is 24.7 Å². The zero-order chi connectivity index (χ0) is 6.69. The molecule has 0 N–H and O–H groups in total. The van der Waals surface area contributed by atoms with E-state index in [1.807, 2.05) is 6.07 Å². The van der Waals surface area contributed by atoms with Gasteiger partial charge in [0, 0.05) is 0 Å². The van der Waals surface area contributed by atoms with Gasteiger partial charge in [0.05, 0.1) is 0 Å². The molecule has 0 saturated carbocycles. The second-order valence-electron chi connectivity index (χ2n) is 2.23. The summed E-state index contributed by atoms with van der Waals surface area (Å²) in [5.74, 6) is 0. The number of benzene rings is 1. The average molecular weight is 223 g/mol. The van der Waals surface area contributed by atoms with Gasteiger partial charge in [0.25, 0.3) is 0 Å². The summed E-state index contributed by atoms with van der Waals surface area (Å²) in [6.07, 6.45) is 0. The molecular weight excluding hydrogens is 213 g/mol. The minimum absolute atomic E-state index is 0.605. The van der Waals surface area contributed by atoms with E-state index >= 15 is 0 Å². The Bertz CT molecular complexity index is 172. The van der Waals surface area contributed by atoms with Gasteiger partial charge in [-0.25, -0.2) is 0 Å². The fourth-order valence-electron chi connectivity index (χ4n) is 0.726. The molecule has 0 saturated heterocycles. The van der Waals surface area contributed by atoms with Gasteiger partial charge >= 0.3 is 70.6 Å². The predicted molar refractivity (Wildman–Crippen MR) is 43.4 cm³/mol. The van der Waals surface area contributed by atoms with E-state index < -0.39 is 0 Å². The van der Waals surface area contributed by atoms with Crippen molar-refractivity contribution in [3.05, 3.63) is 30.3 Å². The Balaban J connectivity index is 2.85. The Morgan fingerprint density at radius 2 is 1.78 bits per heavy atom. The van der Waals surface area contributed by atoms with Gasteiger partial charge in [-0.15, -0.1) is 0 Å². The van der Waals surface area contributed by atoms with Gasteiger partial charge < -0.3 is 0 Å². The molecule has 0 heterocycles. The molecule has 1 nitrogen and oxygen atoms in total. The first-order valence-corrected chi connectivity index (χ1v) is 5.58.